The summed E-state index contributed by atoms with van der Waals surface area (Å²) in [6.45, 7) is 12.8. The third-order valence-electron chi connectivity index (χ3n) is 3.98. The first-order chi connectivity index (χ1) is 10.4. The quantitative estimate of drug-likeness (QED) is 0.740. The predicted molar refractivity (Wildman–Crippen MR) is 91.8 cm³/mol. The average molecular weight is 305 g/mol. The Morgan fingerprint density at radius 2 is 2.14 bits per heavy atom. The van der Waals surface area contributed by atoms with Crippen molar-refractivity contribution in [3.63, 3.8) is 0 Å². The normalized spacial score (nSPS) is 19.6. The molecule has 1 atom stereocenters. The van der Waals surface area contributed by atoms with Gasteiger partial charge in [-0.05, 0) is 38.8 Å². The Hall–Kier alpha value is -1.22. The van der Waals surface area contributed by atoms with Gasteiger partial charge in [0.05, 0.1) is 6.61 Å². The van der Waals surface area contributed by atoms with E-state index in [9.17, 15) is 0 Å². The van der Waals surface area contributed by atoms with Crippen molar-refractivity contribution < 1.29 is 9.47 Å². The van der Waals surface area contributed by atoms with E-state index in [4.69, 9.17) is 9.47 Å². The van der Waals surface area contributed by atoms with Crippen LogP contribution in [0.25, 0.3) is 0 Å². The highest BCUT2D eigenvalue weighted by Gasteiger charge is 2.33. The average Bonchev–Trinajstić information content (AvgIpc) is 2.43. The number of benzene rings is 1. The maximum atomic E-state index is 6.18. The lowest BCUT2D eigenvalue weighted by Crippen LogP contribution is -2.40. The summed E-state index contributed by atoms with van der Waals surface area (Å²) in [7, 11) is 0. The van der Waals surface area contributed by atoms with Crippen LogP contribution in [0.1, 0.15) is 65.5 Å². The molecule has 124 valence electrons. The minimum atomic E-state index is -0.149. The van der Waals surface area contributed by atoms with E-state index in [1.54, 1.807) is 0 Å². The molecule has 1 heterocycles. The van der Waals surface area contributed by atoms with Crippen LogP contribution in [-0.2, 0) is 0 Å². The summed E-state index contributed by atoms with van der Waals surface area (Å²) in [5, 5.41) is 3.68. The fourth-order valence-electron chi connectivity index (χ4n) is 2.82. The fraction of sp³-hybridized carbons (Fsp3) is 0.684. The molecule has 0 aromatic heterocycles. The molecule has 22 heavy (non-hydrogen) atoms. The van der Waals surface area contributed by atoms with E-state index >= 15 is 0 Å². The van der Waals surface area contributed by atoms with Crippen molar-refractivity contribution in [3.05, 3.63) is 23.8 Å². The van der Waals surface area contributed by atoms with Crippen molar-refractivity contribution in [1.29, 1.82) is 0 Å². The minimum Gasteiger partial charge on any atom is -0.493 e. The van der Waals surface area contributed by atoms with Crippen molar-refractivity contribution >= 4 is 0 Å². The van der Waals surface area contributed by atoms with Crippen LogP contribution >= 0.6 is 0 Å². The molecule has 0 saturated heterocycles. The SMILES string of the molecule is CCCCOc1ccc2c(c1)OC(C)(C)CC2NCC(C)C. The first kappa shape index (κ1) is 17.1. The topological polar surface area (TPSA) is 30.5 Å². The molecule has 1 aliphatic heterocycles. The molecule has 0 fully saturated rings. The van der Waals surface area contributed by atoms with Gasteiger partial charge in [-0.25, -0.2) is 0 Å². The van der Waals surface area contributed by atoms with E-state index in [1.165, 1.54) is 5.56 Å². The molecule has 0 aliphatic carbocycles. The van der Waals surface area contributed by atoms with Crippen LogP contribution < -0.4 is 14.8 Å². The highest BCUT2D eigenvalue weighted by atomic mass is 16.5. The minimum absolute atomic E-state index is 0.149. The Morgan fingerprint density at radius 1 is 1.36 bits per heavy atom. The Morgan fingerprint density at radius 3 is 2.82 bits per heavy atom. The van der Waals surface area contributed by atoms with E-state index in [0.717, 1.165) is 43.9 Å². The van der Waals surface area contributed by atoms with E-state index in [-0.39, 0.29) is 5.60 Å². The van der Waals surface area contributed by atoms with Gasteiger partial charge in [-0.2, -0.15) is 0 Å². The van der Waals surface area contributed by atoms with E-state index < -0.39 is 0 Å². The van der Waals surface area contributed by atoms with Crippen molar-refractivity contribution in [2.24, 2.45) is 5.92 Å². The van der Waals surface area contributed by atoms with Crippen LogP contribution in [0.4, 0.5) is 0 Å². The summed E-state index contributed by atoms with van der Waals surface area (Å²) in [6.07, 6.45) is 3.22. The standard InChI is InChI=1S/C19H31NO2/c1-6-7-10-21-15-8-9-16-17(20-13-14(2)3)12-19(4,5)22-18(16)11-15/h8-9,11,14,17,20H,6-7,10,12-13H2,1-5H3. The molecular weight excluding hydrogens is 274 g/mol. The Balaban J connectivity index is 2.15. The number of unbranched alkanes of at least 4 members (excludes halogenated alkanes) is 1. The molecule has 0 bridgehead atoms. The van der Waals surface area contributed by atoms with Gasteiger partial charge in [0.15, 0.2) is 0 Å². The molecular formula is C19H31NO2. The third kappa shape index (κ3) is 4.64. The highest BCUT2D eigenvalue weighted by Crippen LogP contribution is 2.41. The zero-order chi connectivity index (χ0) is 16.2. The number of ether oxygens (including phenoxy) is 2. The second-order valence-corrected chi connectivity index (χ2v) is 7.32. The molecule has 0 amide bonds. The first-order valence-electron chi connectivity index (χ1n) is 8.60. The second kappa shape index (κ2) is 7.36. The molecule has 0 spiro atoms. The smallest absolute Gasteiger partial charge is 0.128 e. The maximum Gasteiger partial charge on any atom is 0.128 e. The van der Waals surface area contributed by atoms with Gasteiger partial charge in [-0.1, -0.05) is 33.3 Å². The maximum absolute atomic E-state index is 6.18. The van der Waals surface area contributed by atoms with Crippen molar-refractivity contribution in [1.82, 2.24) is 5.32 Å². The number of hydrogen-bond donors (Lipinski definition) is 1. The highest BCUT2D eigenvalue weighted by molar-refractivity contribution is 5.44. The zero-order valence-corrected chi connectivity index (χ0v) is 14.7. The summed E-state index contributed by atoms with van der Waals surface area (Å²) in [5.74, 6) is 2.52. The number of fused-ring (bicyclic) bond motifs is 1. The van der Waals surface area contributed by atoms with Gasteiger partial charge in [-0.15, -0.1) is 0 Å². The molecule has 0 saturated carbocycles. The van der Waals surface area contributed by atoms with Crippen LogP contribution in [0.3, 0.4) is 0 Å². The van der Waals surface area contributed by atoms with Crippen molar-refractivity contribution in [3.8, 4) is 11.5 Å². The van der Waals surface area contributed by atoms with Crippen LogP contribution in [0.15, 0.2) is 18.2 Å². The van der Waals surface area contributed by atoms with Crippen molar-refractivity contribution in [2.75, 3.05) is 13.2 Å². The summed E-state index contributed by atoms with van der Waals surface area (Å²) in [5.41, 5.74) is 1.10. The predicted octanol–water partition coefficient (Wildman–Crippen LogP) is 4.71. The van der Waals surface area contributed by atoms with Crippen LogP contribution in [-0.4, -0.2) is 18.8 Å². The molecule has 3 heteroatoms. The van der Waals surface area contributed by atoms with E-state index in [1.807, 2.05) is 0 Å². The summed E-state index contributed by atoms with van der Waals surface area (Å²) in [6, 6.07) is 6.63. The Labute approximate surface area is 135 Å². The van der Waals surface area contributed by atoms with Gasteiger partial charge in [0, 0.05) is 24.1 Å². The zero-order valence-electron chi connectivity index (χ0n) is 14.7. The molecule has 0 radical (unpaired) electrons. The molecule has 1 unspecified atom stereocenters. The third-order valence-corrected chi connectivity index (χ3v) is 3.98. The molecule has 1 aromatic carbocycles. The summed E-state index contributed by atoms with van der Waals surface area (Å²) in [4.78, 5) is 0. The van der Waals surface area contributed by atoms with Gasteiger partial charge in [0.25, 0.3) is 0 Å². The van der Waals surface area contributed by atoms with Gasteiger partial charge in [0.1, 0.15) is 17.1 Å². The van der Waals surface area contributed by atoms with E-state index in [0.29, 0.717) is 12.0 Å². The molecule has 3 nitrogen and oxygen atoms in total. The second-order valence-electron chi connectivity index (χ2n) is 7.32. The number of hydrogen-bond acceptors (Lipinski definition) is 3. The fourth-order valence-corrected chi connectivity index (χ4v) is 2.82. The molecule has 1 aromatic rings. The molecule has 2 rings (SSSR count). The van der Waals surface area contributed by atoms with Crippen LogP contribution in [0.5, 0.6) is 11.5 Å². The summed E-state index contributed by atoms with van der Waals surface area (Å²) >= 11 is 0. The largest absolute Gasteiger partial charge is 0.493 e. The first-order valence-corrected chi connectivity index (χ1v) is 8.60. The lowest BCUT2D eigenvalue weighted by atomic mass is 9.89. The Kier molecular flexibility index (Phi) is 5.74. The molecule has 1 aliphatic rings. The van der Waals surface area contributed by atoms with Crippen molar-refractivity contribution in [2.45, 2.75) is 65.5 Å². The summed E-state index contributed by atoms with van der Waals surface area (Å²) < 4.78 is 12.0. The van der Waals surface area contributed by atoms with E-state index in [2.05, 4.69) is 58.1 Å². The molecule has 1 N–H and O–H groups in total. The number of nitrogens with one attached hydrogen (secondary N) is 1. The lowest BCUT2D eigenvalue weighted by molar-refractivity contribution is 0.0651. The van der Waals surface area contributed by atoms with Crippen LogP contribution in [0, 0.1) is 5.92 Å². The van der Waals surface area contributed by atoms with Crippen LogP contribution in [0.2, 0.25) is 0 Å². The monoisotopic (exact) mass is 305 g/mol. The van der Waals surface area contributed by atoms with Gasteiger partial charge < -0.3 is 14.8 Å². The van der Waals surface area contributed by atoms with Gasteiger partial charge in [0.2, 0.25) is 0 Å². The van der Waals surface area contributed by atoms with Gasteiger partial charge in [-0.3, -0.25) is 0 Å². The number of rotatable bonds is 7. The lowest BCUT2D eigenvalue weighted by Gasteiger charge is -2.38. The van der Waals surface area contributed by atoms with Gasteiger partial charge >= 0.3 is 0 Å². The Bertz CT molecular complexity index is 482.